The van der Waals surface area contributed by atoms with Crippen molar-refractivity contribution in [3.8, 4) is 0 Å². The summed E-state index contributed by atoms with van der Waals surface area (Å²) < 4.78 is 5.48. The van der Waals surface area contributed by atoms with Crippen molar-refractivity contribution in [3.05, 3.63) is 23.3 Å². The maximum atomic E-state index is 11.9. The van der Waals surface area contributed by atoms with Crippen molar-refractivity contribution in [3.63, 3.8) is 0 Å². The van der Waals surface area contributed by atoms with E-state index in [-0.39, 0.29) is 29.2 Å². The molecule has 1 saturated carbocycles. The van der Waals surface area contributed by atoms with Gasteiger partial charge in [-0.05, 0) is 42.7 Å². The van der Waals surface area contributed by atoms with E-state index in [9.17, 15) is 9.59 Å². The minimum atomic E-state index is -0.285. The predicted molar refractivity (Wildman–Crippen MR) is 66.8 cm³/mol. The number of ketones is 1. The van der Waals surface area contributed by atoms with Gasteiger partial charge in [-0.2, -0.15) is 0 Å². The molecule has 2 fully saturated rings. The first-order chi connectivity index (χ1) is 8.44. The van der Waals surface area contributed by atoms with Crippen LogP contribution in [0.15, 0.2) is 23.3 Å². The molecule has 0 bridgehead atoms. The summed E-state index contributed by atoms with van der Waals surface area (Å²) in [5, 5.41) is 0. The molecule has 0 aromatic carbocycles. The molecule has 0 N–H and O–H groups in total. The van der Waals surface area contributed by atoms with E-state index >= 15 is 0 Å². The molecule has 3 aliphatic rings. The molecule has 0 aromatic rings. The van der Waals surface area contributed by atoms with Crippen LogP contribution < -0.4 is 0 Å². The molecule has 3 atom stereocenters. The van der Waals surface area contributed by atoms with Crippen molar-refractivity contribution in [2.24, 2.45) is 11.3 Å². The van der Waals surface area contributed by atoms with Gasteiger partial charge in [0.1, 0.15) is 6.10 Å². The SMILES string of the molecule is C=C1C(=O)O[C@H]2C3=C(C)C(=O)CC[C@]3(C)CC[C@@H]12. The summed E-state index contributed by atoms with van der Waals surface area (Å²) in [5.41, 5.74) is 2.51. The van der Waals surface area contributed by atoms with Crippen LogP contribution in [-0.2, 0) is 14.3 Å². The lowest BCUT2D eigenvalue weighted by molar-refractivity contribution is -0.139. The minimum Gasteiger partial charge on any atom is -0.454 e. The van der Waals surface area contributed by atoms with E-state index in [4.69, 9.17) is 4.74 Å². The van der Waals surface area contributed by atoms with Crippen LogP contribution >= 0.6 is 0 Å². The Balaban J connectivity index is 2.11. The Labute approximate surface area is 107 Å². The van der Waals surface area contributed by atoms with Crippen LogP contribution in [0.3, 0.4) is 0 Å². The predicted octanol–water partition coefficient (Wildman–Crippen LogP) is 2.56. The number of ether oxygens (including phenoxy) is 1. The zero-order chi connectivity index (χ0) is 13.1. The van der Waals surface area contributed by atoms with Gasteiger partial charge in [-0.1, -0.05) is 13.5 Å². The molecule has 0 radical (unpaired) electrons. The first kappa shape index (κ1) is 11.7. The van der Waals surface area contributed by atoms with Crippen LogP contribution in [0.2, 0.25) is 0 Å². The van der Waals surface area contributed by atoms with Crippen LogP contribution in [0.4, 0.5) is 0 Å². The van der Waals surface area contributed by atoms with Crippen molar-refractivity contribution in [1.29, 1.82) is 0 Å². The van der Waals surface area contributed by atoms with Crippen LogP contribution in [0.5, 0.6) is 0 Å². The second kappa shape index (κ2) is 3.56. The summed E-state index contributed by atoms with van der Waals surface area (Å²) in [5.74, 6) is 0.00526. The van der Waals surface area contributed by atoms with Gasteiger partial charge < -0.3 is 4.74 Å². The number of allylic oxidation sites excluding steroid dienone is 1. The topological polar surface area (TPSA) is 43.4 Å². The number of carbonyl (C=O) groups excluding carboxylic acids is 2. The van der Waals surface area contributed by atoms with Crippen molar-refractivity contribution in [1.82, 2.24) is 0 Å². The molecule has 18 heavy (non-hydrogen) atoms. The maximum Gasteiger partial charge on any atom is 0.334 e. The summed E-state index contributed by atoms with van der Waals surface area (Å²) in [6.45, 7) is 7.92. The highest BCUT2D eigenvalue weighted by Gasteiger charge is 2.52. The number of rotatable bonds is 0. The Bertz CT molecular complexity index is 500. The summed E-state index contributed by atoms with van der Waals surface area (Å²) >= 11 is 0. The lowest BCUT2D eigenvalue weighted by Crippen LogP contribution is -2.41. The van der Waals surface area contributed by atoms with Crippen molar-refractivity contribution < 1.29 is 14.3 Å². The quantitative estimate of drug-likeness (QED) is 0.487. The van der Waals surface area contributed by atoms with Crippen LogP contribution in [0, 0.1) is 11.3 Å². The second-order valence-electron chi connectivity index (χ2n) is 6.02. The first-order valence-electron chi connectivity index (χ1n) is 6.58. The van der Waals surface area contributed by atoms with Crippen LogP contribution in [0.1, 0.15) is 39.5 Å². The van der Waals surface area contributed by atoms with E-state index < -0.39 is 0 Å². The zero-order valence-corrected chi connectivity index (χ0v) is 10.9. The monoisotopic (exact) mass is 246 g/mol. The van der Waals surface area contributed by atoms with Gasteiger partial charge in [0.2, 0.25) is 0 Å². The lowest BCUT2D eigenvalue weighted by atomic mass is 9.60. The average molecular weight is 246 g/mol. The Kier molecular flexibility index (Phi) is 2.31. The number of hydrogen-bond donors (Lipinski definition) is 0. The van der Waals surface area contributed by atoms with Gasteiger partial charge in [0.15, 0.2) is 5.78 Å². The molecule has 0 amide bonds. The Morgan fingerprint density at radius 2 is 2.06 bits per heavy atom. The third kappa shape index (κ3) is 1.36. The fourth-order valence-corrected chi connectivity index (χ4v) is 3.80. The fourth-order valence-electron chi connectivity index (χ4n) is 3.80. The zero-order valence-electron chi connectivity index (χ0n) is 10.9. The highest BCUT2D eigenvalue weighted by molar-refractivity contribution is 5.98. The van der Waals surface area contributed by atoms with Gasteiger partial charge in [0.25, 0.3) is 0 Å². The number of fused-ring (bicyclic) bond motifs is 3. The molecular weight excluding hydrogens is 228 g/mol. The minimum absolute atomic E-state index is 0.0318. The number of Topliss-reactive ketones (excluding diaryl/α,β-unsaturated/α-hetero) is 1. The standard InChI is InChI=1S/C15H18O3/c1-8-10-4-6-15(3)7-5-11(16)9(2)12(15)13(10)18-14(8)17/h10,13H,1,4-7H2,2-3H3/t10-,13+,15-/m0/s1. The van der Waals surface area contributed by atoms with Crippen LogP contribution in [0.25, 0.3) is 0 Å². The molecule has 1 saturated heterocycles. The van der Waals surface area contributed by atoms with Gasteiger partial charge in [0, 0.05) is 17.9 Å². The number of hydrogen-bond acceptors (Lipinski definition) is 3. The van der Waals surface area contributed by atoms with Gasteiger partial charge in [-0.25, -0.2) is 4.79 Å². The Morgan fingerprint density at radius 1 is 1.33 bits per heavy atom. The van der Waals surface area contributed by atoms with Gasteiger partial charge in [-0.3, -0.25) is 4.79 Å². The molecular formula is C15H18O3. The van der Waals surface area contributed by atoms with E-state index in [1.165, 1.54) is 0 Å². The van der Waals surface area contributed by atoms with Crippen LogP contribution in [-0.4, -0.2) is 17.9 Å². The number of carbonyl (C=O) groups is 2. The summed E-state index contributed by atoms with van der Waals surface area (Å²) in [7, 11) is 0. The van der Waals surface area contributed by atoms with E-state index in [0.29, 0.717) is 12.0 Å². The van der Waals surface area contributed by atoms with E-state index in [1.54, 1.807) is 0 Å². The number of esters is 1. The largest absolute Gasteiger partial charge is 0.454 e. The fraction of sp³-hybridized carbons (Fsp3) is 0.600. The molecule has 0 spiro atoms. The highest BCUT2D eigenvalue weighted by Crippen LogP contribution is 2.54. The normalized spacial score (nSPS) is 39.6. The van der Waals surface area contributed by atoms with E-state index in [1.807, 2.05) is 6.92 Å². The van der Waals surface area contributed by atoms with Gasteiger partial charge >= 0.3 is 5.97 Å². The maximum absolute atomic E-state index is 11.9. The molecule has 2 aliphatic carbocycles. The molecule has 3 nitrogen and oxygen atoms in total. The summed E-state index contributed by atoms with van der Waals surface area (Å²) in [4.78, 5) is 23.6. The molecule has 0 unspecified atom stereocenters. The smallest absolute Gasteiger partial charge is 0.334 e. The third-order valence-electron chi connectivity index (χ3n) is 4.98. The summed E-state index contributed by atoms with van der Waals surface area (Å²) in [6, 6.07) is 0. The first-order valence-corrected chi connectivity index (χ1v) is 6.58. The van der Waals surface area contributed by atoms with Crippen molar-refractivity contribution >= 4 is 11.8 Å². The molecule has 1 aliphatic heterocycles. The third-order valence-corrected chi connectivity index (χ3v) is 4.98. The van der Waals surface area contributed by atoms with E-state index in [2.05, 4.69) is 13.5 Å². The lowest BCUT2D eigenvalue weighted by Gasteiger charge is -2.45. The summed E-state index contributed by atoms with van der Waals surface area (Å²) in [6.07, 6.45) is 3.23. The molecule has 0 aromatic heterocycles. The Morgan fingerprint density at radius 3 is 2.78 bits per heavy atom. The highest BCUT2D eigenvalue weighted by atomic mass is 16.6. The average Bonchev–Trinajstić information content (AvgIpc) is 2.60. The molecule has 3 rings (SSSR count). The van der Waals surface area contributed by atoms with Crippen molar-refractivity contribution in [2.75, 3.05) is 0 Å². The van der Waals surface area contributed by atoms with Gasteiger partial charge in [0.05, 0.1) is 0 Å². The second-order valence-corrected chi connectivity index (χ2v) is 6.02. The molecule has 3 heteroatoms. The molecule has 1 heterocycles. The van der Waals surface area contributed by atoms with E-state index in [0.717, 1.165) is 30.4 Å². The van der Waals surface area contributed by atoms with Crippen molar-refractivity contribution in [2.45, 2.75) is 45.6 Å². The van der Waals surface area contributed by atoms with Gasteiger partial charge in [-0.15, -0.1) is 0 Å². The molecule has 96 valence electrons. The Hall–Kier alpha value is -1.38.